The zero-order valence-corrected chi connectivity index (χ0v) is 10.9. The van der Waals surface area contributed by atoms with Gasteiger partial charge in [-0.1, -0.05) is 13.8 Å². The molecule has 4 heteroatoms. The zero-order chi connectivity index (χ0) is 12.5. The fourth-order valence-corrected chi connectivity index (χ4v) is 2.19. The van der Waals surface area contributed by atoms with Gasteiger partial charge in [-0.3, -0.25) is 4.79 Å². The van der Waals surface area contributed by atoms with Crippen LogP contribution in [0, 0.1) is 5.92 Å². The van der Waals surface area contributed by atoms with E-state index in [1.165, 1.54) is 6.42 Å². The van der Waals surface area contributed by atoms with Gasteiger partial charge in [-0.15, -0.1) is 0 Å². The normalized spacial score (nSPS) is 17.9. The van der Waals surface area contributed by atoms with Crippen molar-refractivity contribution in [1.29, 1.82) is 0 Å². The number of rotatable bonds is 4. The summed E-state index contributed by atoms with van der Waals surface area (Å²) in [6, 6.07) is 0. The Kier molecular flexibility index (Phi) is 3.22. The summed E-state index contributed by atoms with van der Waals surface area (Å²) in [6.45, 7) is 7.10. The summed E-state index contributed by atoms with van der Waals surface area (Å²) in [4.78, 5) is 16.3. The Hall–Kier alpha value is -1.32. The molecule has 1 aromatic rings. The predicted molar refractivity (Wildman–Crippen MR) is 69.2 cm³/mol. The SMILES string of the molecule is CC(C)Cn1ccnc(NC2(C)CCC2)c1=O. The molecule has 0 aliphatic heterocycles. The average molecular weight is 235 g/mol. The van der Waals surface area contributed by atoms with Gasteiger partial charge in [0.1, 0.15) is 0 Å². The summed E-state index contributed by atoms with van der Waals surface area (Å²) >= 11 is 0. The fourth-order valence-electron chi connectivity index (χ4n) is 2.19. The number of nitrogens with zero attached hydrogens (tertiary/aromatic N) is 2. The average Bonchev–Trinajstić information content (AvgIpc) is 2.21. The Labute approximate surface area is 102 Å². The molecule has 1 heterocycles. The van der Waals surface area contributed by atoms with E-state index in [0.29, 0.717) is 11.7 Å². The van der Waals surface area contributed by atoms with Crippen molar-refractivity contribution >= 4 is 5.82 Å². The molecular formula is C13H21N3O. The molecule has 0 radical (unpaired) electrons. The van der Waals surface area contributed by atoms with E-state index in [4.69, 9.17) is 0 Å². The summed E-state index contributed by atoms with van der Waals surface area (Å²) in [5, 5.41) is 3.29. The first-order valence-corrected chi connectivity index (χ1v) is 6.34. The Morgan fingerprint density at radius 2 is 2.24 bits per heavy atom. The molecule has 1 N–H and O–H groups in total. The van der Waals surface area contributed by atoms with Crippen LogP contribution in [0.2, 0.25) is 0 Å². The van der Waals surface area contributed by atoms with Gasteiger partial charge < -0.3 is 9.88 Å². The lowest BCUT2D eigenvalue weighted by Gasteiger charge is -2.39. The molecule has 1 aliphatic carbocycles. The molecule has 0 amide bonds. The van der Waals surface area contributed by atoms with Gasteiger partial charge >= 0.3 is 0 Å². The van der Waals surface area contributed by atoms with Crippen molar-refractivity contribution in [3.05, 3.63) is 22.7 Å². The summed E-state index contributed by atoms with van der Waals surface area (Å²) in [6.07, 6.45) is 6.93. The van der Waals surface area contributed by atoms with Crippen LogP contribution in [0.3, 0.4) is 0 Å². The molecule has 1 aromatic heterocycles. The van der Waals surface area contributed by atoms with Gasteiger partial charge in [-0.05, 0) is 32.1 Å². The molecule has 0 spiro atoms. The standard InChI is InChI=1S/C13H21N3O/c1-10(2)9-16-8-7-14-11(12(16)17)15-13(3)5-4-6-13/h7-8,10H,4-6,9H2,1-3H3,(H,14,15). The minimum Gasteiger partial charge on any atom is -0.360 e. The van der Waals surface area contributed by atoms with Crippen molar-refractivity contribution in [2.45, 2.75) is 52.1 Å². The second kappa shape index (κ2) is 4.51. The lowest BCUT2D eigenvalue weighted by atomic mass is 9.78. The zero-order valence-electron chi connectivity index (χ0n) is 10.9. The van der Waals surface area contributed by atoms with E-state index in [1.807, 2.05) is 0 Å². The quantitative estimate of drug-likeness (QED) is 0.870. The summed E-state index contributed by atoms with van der Waals surface area (Å²) < 4.78 is 1.74. The minimum atomic E-state index is -0.00525. The summed E-state index contributed by atoms with van der Waals surface area (Å²) in [5.41, 5.74) is 0.0673. The highest BCUT2D eigenvalue weighted by molar-refractivity contribution is 5.35. The minimum absolute atomic E-state index is 0.00525. The number of anilines is 1. The van der Waals surface area contributed by atoms with E-state index < -0.39 is 0 Å². The second-order valence-electron chi connectivity index (χ2n) is 5.67. The van der Waals surface area contributed by atoms with E-state index in [-0.39, 0.29) is 11.1 Å². The molecule has 1 saturated carbocycles. The van der Waals surface area contributed by atoms with E-state index >= 15 is 0 Å². The Balaban J connectivity index is 2.20. The molecule has 17 heavy (non-hydrogen) atoms. The highest BCUT2D eigenvalue weighted by Gasteiger charge is 2.32. The smallest absolute Gasteiger partial charge is 0.293 e. The van der Waals surface area contributed by atoms with Crippen LogP contribution >= 0.6 is 0 Å². The Morgan fingerprint density at radius 3 is 2.76 bits per heavy atom. The van der Waals surface area contributed by atoms with Gasteiger partial charge in [0.25, 0.3) is 5.56 Å². The van der Waals surface area contributed by atoms with E-state index in [0.717, 1.165) is 19.4 Å². The van der Waals surface area contributed by atoms with Crippen molar-refractivity contribution in [3.63, 3.8) is 0 Å². The van der Waals surface area contributed by atoms with Gasteiger partial charge in [0.15, 0.2) is 5.82 Å². The first-order valence-electron chi connectivity index (χ1n) is 6.34. The van der Waals surface area contributed by atoms with Crippen LogP contribution in [0.25, 0.3) is 0 Å². The molecule has 94 valence electrons. The fraction of sp³-hybridized carbons (Fsp3) is 0.692. The van der Waals surface area contributed by atoms with E-state index in [1.54, 1.807) is 17.0 Å². The lowest BCUT2D eigenvalue weighted by Crippen LogP contribution is -2.44. The van der Waals surface area contributed by atoms with Crippen LogP contribution in [-0.2, 0) is 6.54 Å². The highest BCUT2D eigenvalue weighted by Crippen LogP contribution is 2.33. The number of aromatic nitrogens is 2. The maximum Gasteiger partial charge on any atom is 0.293 e. The van der Waals surface area contributed by atoms with Crippen LogP contribution < -0.4 is 10.9 Å². The summed E-state index contributed by atoms with van der Waals surface area (Å²) in [5.74, 6) is 0.956. The van der Waals surface area contributed by atoms with Crippen LogP contribution in [0.15, 0.2) is 17.2 Å². The van der Waals surface area contributed by atoms with Gasteiger partial charge in [-0.25, -0.2) is 4.98 Å². The molecule has 1 aliphatic rings. The first kappa shape index (κ1) is 12.1. The van der Waals surface area contributed by atoms with Crippen LogP contribution in [0.1, 0.15) is 40.0 Å². The molecule has 1 fully saturated rings. The number of hydrogen-bond donors (Lipinski definition) is 1. The van der Waals surface area contributed by atoms with Gasteiger partial charge in [0, 0.05) is 24.5 Å². The van der Waals surface area contributed by atoms with Crippen molar-refractivity contribution in [3.8, 4) is 0 Å². The highest BCUT2D eigenvalue weighted by atomic mass is 16.1. The van der Waals surface area contributed by atoms with Crippen molar-refractivity contribution < 1.29 is 0 Å². The number of nitrogens with one attached hydrogen (secondary N) is 1. The third-order valence-corrected chi connectivity index (χ3v) is 3.35. The van der Waals surface area contributed by atoms with Gasteiger partial charge in [-0.2, -0.15) is 0 Å². The van der Waals surface area contributed by atoms with Crippen LogP contribution in [0.5, 0.6) is 0 Å². The molecule has 2 rings (SSSR count). The van der Waals surface area contributed by atoms with Gasteiger partial charge in [0.2, 0.25) is 0 Å². The molecule has 0 aromatic carbocycles. The molecule has 0 saturated heterocycles. The molecule has 0 unspecified atom stereocenters. The Morgan fingerprint density at radius 1 is 1.53 bits per heavy atom. The maximum absolute atomic E-state index is 12.2. The van der Waals surface area contributed by atoms with Crippen molar-refractivity contribution in [2.24, 2.45) is 5.92 Å². The molecular weight excluding hydrogens is 214 g/mol. The first-order chi connectivity index (χ1) is 8.00. The molecule has 0 bridgehead atoms. The third-order valence-electron chi connectivity index (χ3n) is 3.35. The summed E-state index contributed by atoms with van der Waals surface area (Å²) in [7, 11) is 0. The Bertz CT molecular complexity index is 446. The van der Waals surface area contributed by atoms with Crippen molar-refractivity contribution in [1.82, 2.24) is 9.55 Å². The molecule has 4 nitrogen and oxygen atoms in total. The predicted octanol–water partition coefficient (Wildman–Crippen LogP) is 2.25. The van der Waals surface area contributed by atoms with E-state index in [9.17, 15) is 4.79 Å². The maximum atomic E-state index is 12.2. The largest absolute Gasteiger partial charge is 0.360 e. The van der Waals surface area contributed by atoms with Crippen LogP contribution in [0.4, 0.5) is 5.82 Å². The van der Waals surface area contributed by atoms with Crippen LogP contribution in [-0.4, -0.2) is 15.1 Å². The third kappa shape index (κ3) is 2.68. The molecule has 0 atom stereocenters. The monoisotopic (exact) mass is 235 g/mol. The second-order valence-corrected chi connectivity index (χ2v) is 5.67. The topological polar surface area (TPSA) is 46.9 Å². The van der Waals surface area contributed by atoms with E-state index in [2.05, 4.69) is 31.1 Å². The van der Waals surface area contributed by atoms with Crippen molar-refractivity contribution in [2.75, 3.05) is 5.32 Å². The number of hydrogen-bond acceptors (Lipinski definition) is 3. The van der Waals surface area contributed by atoms with Gasteiger partial charge in [0.05, 0.1) is 0 Å². The lowest BCUT2D eigenvalue weighted by molar-refractivity contribution is 0.305.